The highest BCUT2D eigenvalue weighted by molar-refractivity contribution is 6.28. The highest BCUT2D eigenvalue weighted by Gasteiger charge is 2.18. The summed E-state index contributed by atoms with van der Waals surface area (Å²) < 4.78 is 0. The van der Waals surface area contributed by atoms with Crippen molar-refractivity contribution in [3.8, 4) is 0 Å². The van der Waals surface area contributed by atoms with E-state index in [1.807, 2.05) is 18.3 Å². The molecule has 2 aromatic rings. The Kier molecular flexibility index (Phi) is 3.11. The lowest BCUT2D eigenvalue weighted by Crippen LogP contribution is -2.06. The van der Waals surface area contributed by atoms with Gasteiger partial charge in [0.2, 0.25) is 5.28 Å². The van der Waals surface area contributed by atoms with Gasteiger partial charge >= 0.3 is 0 Å². The Morgan fingerprint density at radius 1 is 1.28 bits per heavy atom. The minimum Gasteiger partial charge on any atom is -0.366 e. The number of pyridine rings is 1. The van der Waals surface area contributed by atoms with Crippen molar-refractivity contribution in [1.82, 2.24) is 15.0 Å². The average Bonchev–Trinajstić information content (AvgIpc) is 2.85. The Morgan fingerprint density at radius 3 is 3.06 bits per heavy atom. The molecule has 4 nitrogen and oxygen atoms in total. The summed E-state index contributed by atoms with van der Waals surface area (Å²) in [6.45, 7) is 0.702. The molecule has 0 unspecified atom stereocenters. The number of aryl methyl sites for hydroxylation is 1. The summed E-state index contributed by atoms with van der Waals surface area (Å²) in [5.74, 6) is 0.867. The maximum absolute atomic E-state index is 5.94. The van der Waals surface area contributed by atoms with Crippen molar-refractivity contribution in [2.75, 3.05) is 5.32 Å². The Balaban J connectivity index is 1.81. The zero-order valence-electron chi connectivity index (χ0n) is 9.86. The van der Waals surface area contributed by atoms with Crippen LogP contribution in [0.5, 0.6) is 0 Å². The summed E-state index contributed by atoms with van der Waals surface area (Å²) in [7, 11) is 0. The van der Waals surface area contributed by atoms with E-state index < -0.39 is 0 Å². The highest BCUT2D eigenvalue weighted by Crippen LogP contribution is 2.27. The quantitative estimate of drug-likeness (QED) is 0.862. The van der Waals surface area contributed by atoms with E-state index >= 15 is 0 Å². The molecule has 1 aliphatic carbocycles. The molecule has 0 fully saturated rings. The van der Waals surface area contributed by atoms with Crippen LogP contribution >= 0.6 is 11.6 Å². The minimum atomic E-state index is 0.323. The van der Waals surface area contributed by atoms with Gasteiger partial charge in [-0.05, 0) is 42.5 Å². The van der Waals surface area contributed by atoms with Crippen LogP contribution < -0.4 is 5.32 Å². The van der Waals surface area contributed by atoms with Crippen LogP contribution in [0.1, 0.15) is 23.2 Å². The van der Waals surface area contributed by atoms with Crippen molar-refractivity contribution in [3.63, 3.8) is 0 Å². The summed E-state index contributed by atoms with van der Waals surface area (Å²) in [5.41, 5.74) is 3.42. The number of aromatic nitrogens is 3. The Labute approximate surface area is 110 Å². The van der Waals surface area contributed by atoms with E-state index in [2.05, 4.69) is 20.3 Å². The SMILES string of the molecule is Clc1nc2c(c(NCc3cccnc3)n1)CCC2. The predicted octanol–water partition coefficient (Wildman–Crippen LogP) is 2.63. The molecule has 0 radical (unpaired) electrons. The summed E-state index contributed by atoms with van der Waals surface area (Å²) >= 11 is 5.94. The van der Waals surface area contributed by atoms with E-state index in [4.69, 9.17) is 11.6 Å². The van der Waals surface area contributed by atoms with Crippen LogP contribution in [0.3, 0.4) is 0 Å². The maximum atomic E-state index is 5.94. The van der Waals surface area contributed by atoms with E-state index in [0.29, 0.717) is 11.8 Å². The first-order valence-corrected chi connectivity index (χ1v) is 6.39. The fraction of sp³-hybridized carbons (Fsp3) is 0.308. The van der Waals surface area contributed by atoms with E-state index in [1.54, 1.807) is 6.20 Å². The van der Waals surface area contributed by atoms with Crippen LogP contribution in [0.15, 0.2) is 24.5 Å². The Hall–Kier alpha value is -1.68. The second kappa shape index (κ2) is 4.90. The summed E-state index contributed by atoms with van der Waals surface area (Å²) in [5, 5.41) is 3.65. The van der Waals surface area contributed by atoms with Gasteiger partial charge in [0, 0.05) is 24.5 Å². The molecule has 0 atom stereocenters. The second-order valence-corrected chi connectivity index (χ2v) is 4.67. The van der Waals surface area contributed by atoms with Crippen molar-refractivity contribution in [1.29, 1.82) is 0 Å². The lowest BCUT2D eigenvalue weighted by molar-refractivity contribution is 0.899. The molecule has 1 N–H and O–H groups in total. The lowest BCUT2D eigenvalue weighted by atomic mass is 10.2. The number of nitrogens with zero attached hydrogens (tertiary/aromatic N) is 3. The summed E-state index contributed by atoms with van der Waals surface area (Å²) in [4.78, 5) is 12.6. The first kappa shape index (κ1) is 11.4. The highest BCUT2D eigenvalue weighted by atomic mass is 35.5. The second-order valence-electron chi connectivity index (χ2n) is 4.33. The maximum Gasteiger partial charge on any atom is 0.224 e. The zero-order valence-corrected chi connectivity index (χ0v) is 10.6. The molecule has 92 valence electrons. The van der Waals surface area contributed by atoms with Crippen LogP contribution in [-0.4, -0.2) is 15.0 Å². The van der Waals surface area contributed by atoms with Gasteiger partial charge < -0.3 is 5.32 Å². The average molecular weight is 261 g/mol. The van der Waals surface area contributed by atoms with Crippen molar-refractivity contribution in [3.05, 3.63) is 46.6 Å². The molecule has 0 aromatic carbocycles. The van der Waals surface area contributed by atoms with Gasteiger partial charge in [-0.15, -0.1) is 0 Å². The fourth-order valence-electron chi connectivity index (χ4n) is 2.24. The molecule has 5 heteroatoms. The lowest BCUT2D eigenvalue weighted by Gasteiger charge is -2.10. The van der Waals surface area contributed by atoms with Gasteiger partial charge in [0.1, 0.15) is 5.82 Å². The Morgan fingerprint density at radius 2 is 2.22 bits per heavy atom. The third kappa shape index (κ3) is 2.29. The van der Waals surface area contributed by atoms with Crippen LogP contribution in [0.2, 0.25) is 5.28 Å². The van der Waals surface area contributed by atoms with Crippen molar-refractivity contribution < 1.29 is 0 Å². The third-order valence-electron chi connectivity index (χ3n) is 3.09. The number of halogens is 1. The molecule has 2 aromatic heterocycles. The zero-order chi connectivity index (χ0) is 12.4. The Bertz CT molecular complexity index is 556. The number of rotatable bonds is 3. The van der Waals surface area contributed by atoms with Crippen molar-refractivity contribution >= 4 is 17.4 Å². The molecule has 0 aliphatic heterocycles. The topological polar surface area (TPSA) is 50.7 Å². The number of nitrogens with one attached hydrogen (secondary N) is 1. The van der Waals surface area contributed by atoms with Crippen LogP contribution in [-0.2, 0) is 19.4 Å². The molecule has 0 saturated carbocycles. The van der Waals surface area contributed by atoms with Gasteiger partial charge in [0.25, 0.3) is 0 Å². The predicted molar refractivity (Wildman–Crippen MR) is 70.6 cm³/mol. The monoisotopic (exact) mass is 260 g/mol. The molecule has 0 bridgehead atoms. The van der Waals surface area contributed by atoms with Gasteiger partial charge in [-0.1, -0.05) is 6.07 Å². The number of hydrogen-bond acceptors (Lipinski definition) is 4. The summed E-state index contributed by atoms with van der Waals surface area (Å²) in [6.07, 6.45) is 6.77. The number of anilines is 1. The molecule has 2 heterocycles. The first-order valence-electron chi connectivity index (χ1n) is 6.01. The van der Waals surface area contributed by atoms with Gasteiger partial charge in [0.05, 0.1) is 5.69 Å². The first-order chi connectivity index (χ1) is 8.83. The van der Waals surface area contributed by atoms with E-state index in [9.17, 15) is 0 Å². The van der Waals surface area contributed by atoms with E-state index in [-0.39, 0.29) is 0 Å². The fourth-order valence-corrected chi connectivity index (χ4v) is 2.42. The molecule has 0 saturated heterocycles. The van der Waals surface area contributed by atoms with E-state index in [0.717, 1.165) is 36.3 Å². The number of hydrogen-bond donors (Lipinski definition) is 1. The molecular weight excluding hydrogens is 248 g/mol. The van der Waals surface area contributed by atoms with Gasteiger partial charge in [-0.25, -0.2) is 9.97 Å². The molecule has 0 spiro atoms. The van der Waals surface area contributed by atoms with Gasteiger partial charge in [-0.2, -0.15) is 0 Å². The minimum absolute atomic E-state index is 0.323. The van der Waals surface area contributed by atoms with Crippen molar-refractivity contribution in [2.24, 2.45) is 0 Å². The molecule has 1 aliphatic rings. The molecular formula is C13H13ClN4. The standard InChI is InChI=1S/C13H13ClN4/c14-13-17-11-5-1-4-10(11)12(18-13)16-8-9-3-2-6-15-7-9/h2-3,6-7H,1,4-5,8H2,(H,16,17,18). The van der Waals surface area contributed by atoms with Gasteiger partial charge in [-0.3, -0.25) is 4.98 Å². The largest absolute Gasteiger partial charge is 0.366 e. The smallest absolute Gasteiger partial charge is 0.224 e. The third-order valence-corrected chi connectivity index (χ3v) is 3.26. The van der Waals surface area contributed by atoms with Crippen LogP contribution in [0.4, 0.5) is 5.82 Å². The number of fused-ring (bicyclic) bond motifs is 1. The normalized spacial score (nSPS) is 13.4. The molecule has 3 rings (SSSR count). The van der Waals surface area contributed by atoms with Crippen LogP contribution in [0, 0.1) is 0 Å². The molecule has 18 heavy (non-hydrogen) atoms. The van der Waals surface area contributed by atoms with E-state index in [1.165, 1.54) is 5.56 Å². The summed E-state index contributed by atoms with van der Waals surface area (Å²) in [6, 6.07) is 3.96. The van der Waals surface area contributed by atoms with Crippen LogP contribution in [0.25, 0.3) is 0 Å². The van der Waals surface area contributed by atoms with Gasteiger partial charge in [0.15, 0.2) is 0 Å². The van der Waals surface area contributed by atoms with Crippen molar-refractivity contribution in [2.45, 2.75) is 25.8 Å². The molecule has 0 amide bonds.